The van der Waals surface area contributed by atoms with E-state index in [1.807, 2.05) is 48.5 Å². The second kappa shape index (κ2) is 14.2. The highest BCUT2D eigenvalue weighted by atomic mass is 127. The minimum absolute atomic E-state index is 0. The fraction of sp³-hybridized carbons (Fsp3) is 0.235. The van der Waals surface area contributed by atoms with E-state index in [0.717, 1.165) is 60.8 Å². The van der Waals surface area contributed by atoms with Crippen molar-refractivity contribution in [1.82, 2.24) is 9.13 Å². The smallest absolute Gasteiger partial charge is 0.244 e. The summed E-state index contributed by atoms with van der Waals surface area (Å²) in [4.78, 5) is 22.7. The number of imidazole rings is 2. The summed E-state index contributed by atoms with van der Waals surface area (Å²) < 4.78 is 8.85. The summed E-state index contributed by atoms with van der Waals surface area (Å²) in [5, 5.41) is 0. The number of benzene rings is 3. The van der Waals surface area contributed by atoms with Crippen LogP contribution in [0.25, 0.3) is 22.3 Å². The van der Waals surface area contributed by atoms with Crippen LogP contribution in [0.3, 0.4) is 0 Å². The summed E-state index contributed by atoms with van der Waals surface area (Å²) >= 11 is 0. The lowest BCUT2D eigenvalue weighted by molar-refractivity contribution is -0.688. The molecule has 7 heteroatoms. The number of hydrogen-bond acceptors (Lipinski definition) is 2. The summed E-state index contributed by atoms with van der Waals surface area (Å²) in [6, 6.07) is 20.2. The number of aryl methyl sites for hydroxylation is 2. The van der Waals surface area contributed by atoms with Gasteiger partial charge in [0.25, 0.3) is 0 Å². The molecule has 6 nitrogen and oxygen atoms in total. The number of carbonyl (C=O) groups excluding carboxylic acids is 2. The first-order valence-electron chi connectivity index (χ1n) is 14.0. The summed E-state index contributed by atoms with van der Waals surface area (Å²) in [5.74, 6) is 0. The average molecular weight is 660 g/mol. The van der Waals surface area contributed by atoms with E-state index in [1.165, 1.54) is 11.1 Å². The highest BCUT2D eigenvalue weighted by Crippen LogP contribution is 2.33. The van der Waals surface area contributed by atoms with Crippen LogP contribution >= 0.6 is 0 Å². The third-order valence-corrected chi connectivity index (χ3v) is 7.21. The van der Waals surface area contributed by atoms with Gasteiger partial charge in [-0.1, -0.05) is 62.4 Å². The molecule has 0 fully saturated rings. The van der Waals surface area contributed by atoms with Gasteiger partial charge in [0.1, 0.15) is 50.4 Å². The van der Waals surface area contributed by atoms with Crippen LogP contribution in [0, 0.1) is 0 Å². The molecular formula is C34H36IN4O2+. The highest BCUT2D eigenvalue weighted by Gasteiger charge is 2.18. The van der Waals surface area contributed by atoms with Crippen LogP contribution in [0.1, 0.15) is 58.5 Å². The number of halogens is 1. The third kappa shape index (κ3) is 7.27. The second-order valence-electron chi connectivity index (χ2n) is 10.3. The highest BCUT2D eigenvalue weighted by molar-refractivity contribution is 5.81. The summed E-state index contributed by atoms with van der Waals surface area (Å²) in [7, 11) is 0. The van der Waals surface area contributed by atoms with Gasteiger partial charge in [0.2, 0.25) is 12.7 Å². The first-order chi connectivity index (χ1) is 19.6. The van der Waals surface area contributed by atoms with Crippen molar-refractivity contribution in [1.29, 1.82) is 0 Å². The van der Waals surface area contributed by atoms with Gasteiger partial charge in [0.05, 0.1) is 13.1 Å². The average Bonchev–Trinajstić information content (AvgIpc) is 3.63. The van der Waals surface area contributed by atoms with E-state index in [2.05, 4.69) is 81.7 Å². The number of aromatic nitrogens is 4. The molecule has 0 aliphatic carbocycles. The number of hydrogen-bond donors (Lipinski definition) is 0. The van der Waals surface area contributed by atoms with Crippen molar-refractivity contribution >= 4 is 12.6 Å². The topological polar surface area (TPSA) is 51.8 Å². The van der Waals surface area contributed by atoms with E-state index < -0.39 is 0 Å². The molecule has 0 aliphatic rings. The molecule has 5 rings (SSSR count). The van der Waals surface area contributed by atoms with Crippen molar-refractivity contribution in [2.24, 2.45) is 0 Å². The molecule has 0 N–H and O–H groups in total. The third-order valence-electron chi connectivity index (χ3n) is 7.21. The van der Waals surface area contributed by atoms with Crippen LogP contribution in [-0.2, 0) is 26.2 Å². The Hall–Kier alpha value is -3.85. The Morgan fingerprint density at radius 2 is 1.02 bits per heavy atom. The predicted molar refractivity (Wildman–Crippen MR) is 156 cm³/mol. The van der Waals surface area contributed by atoms with Crippen molar-refractivity contribution < 1.29 is 42.7 Å². The van der Waals surface area contributed by atoms with Crippen molar-refractivity contribution in [2.45, 2.75) is 52.9 Å². The van der Waals surface area contributed by atoms with Crippen LogP contribution in [-0.4, -0.2) is 21.7 Å². The quantitative estimate of drug-likeness (QED) is 0.118. The monoisotopic (exact) mass is 659 g/mol. The van der Waals surface area contributed by atoms with Gasteiger partial charge in [-0.15, -0.1) is 0 Å². The zero-order valence-corrected chi connectivity index (χ0v) is 25.8. The molecule has 0 amide bonds. The Bertz CT molecular complexity index is 1480. The second-order valence-corrected chi connectivity index (χ2v) is 10.3. The molecule has 0 unspecified atom stereocenters. The minimum atomic E-state index is 0. The van der Waals surface area contributed by atoms with Crippen LogP contribution in [0.5, 0.6) is 0 Å². The number of aldehydes is 2. The van der Waals surface area contributed by atoms with Crippen LogP contribution in [0.4, 0.5) is 0 Å². The van der Waals surface area contributed by atoms with Crippen molar-refractivity contribution in [2.75, 3.05) is 0 Å². The number of rotatable bonds is 12. The summed E-state index contributed by atoms with van der Waals surface area (Å²) in [6.45, 7) is 7.74. The fourth-order valence-electron chi connectivity index (χ4n) is 5.21. The normalized spacial score (nSPS) is 10.8. The molecule has 2 heterocycles. The van der Waals surface area contributed by atoms with E-state index in [0.29, 0.717) is 24.2 Å². The maximum absolute atomic E-state index is 11.3. The van der Waals surface area contributed by atoms with E-state index in [4.69, 9.17) is 0 Å². The Balaban J connectivity index is 0.00000387. The van der Waals surface area contributed by atoms with E-state index in [1.54, 1.807) is 0 Å². The molecular weight excluding hydrogens is 623 g/mol. The Morgan fingerprint density at radius 3 is 1.37 bits per heavy atom. The molecule has 0 radical (unpaired) electrons. The van der Waals surface area contributed by atoms with Crippen LogP contribution in [0.15, 0.2) is 98.1 Å². The largest absolute Gasteiger partial charge is 1.00 e. The molecule has 0 atom stereocenters. The van der Waals surface area contributed by atoms with Crippen molar-refractivity contribution in [3.05, 3.63) is 120 Å². The first-order valence-corrected chi connectivity index (χ1v) is 14.0. The van der Waals surface area contributed by atoms with Gasteiger partial charge in [0, 0.05) is 22.3 Å². The molecule has 0 saturated heterocycles. The van der Waals surface area contributed by atoms with Gasteiger partial charge in [0.15, 0.2) is 0 Å². The molecule has 2 aromatic heterocycles. The van der Waals surface area contributed by atoms with Crippen molar-refractivity contribution in [3.63, 3.8) is 0 Å². The molecule has 0 spiro atoms. The van der Waals surface area contributed by atoms with E-state index >= 15 is 0 Å². The van der Waals surface area contributed by atoms with Crippen LogP contribution in [0.2, 0.25) is 0 Å². The summed E-state index contributed by atoms with van der Waals surface area (Å²) in [6.07, 6.45) is 16.7. The Morgan fingerprint density at radius 1 is 0.634 bits per heavy atom. The van der Waals surface area contributed by atoms with Crippen LogP contribution < -0.4 is 33.1 Å². The molecule has 0 saturated carbocycles. The summed E-state index contributed by atoms with van der Waals surface area (Å²) in [5.41, 5.74) is 8.14. The molecule has 210 valence electrons. The van der Waals surface area contributed by atoms with Gasteiger partial charge < -0.3 is 24.0 Å². The SMILES string of the molecule is CCCn1cc[n+](Cc2cc(-c3ccc(C=O)cc3)c(C[n+]3ccn(CCC)c3)cc2-c2ccc(C=O)cc2)c1.[I-]. The maximum atomic E-state index is 11.3. The number of carbonyl (C=O) groups is 2. The lowest BCUT2D eigenvalue weighted by Crippen LogP contribution is -3.00. The van der Waals surface area contributed by atoms with Gasteiger partial charge in [-0.25, -0.2) is 18.3 Å². The Labute approximate surface area is 258 Å². The lowest BCUT2D eigenvalue weighted by Gasteiger charge is -2.16. The number of nitrogens with zero attached hydrogens (tertiary/aromatic N) is 4. The molecule has 0 bridgehead atoms. The van der Waals surface area contributed by atoms with Crippen molar-refractivity contribution in [3.8, 4) is 22.3 Å². The first kappa shape index (κ1) is 30.1. The van der Waals surface area contributed by atoms with Gasteiger partial charge in [-0.05, 0) is 47.2 Å². The molecule has 5 aromatic rings. The zero-order chi connectivity index (χ0) is 27.9. The fourth-order valence-corrected chi connectivity index (χ4v) is 5.21. The van der Waals surface area contributed by atoms with Gasteiger partial charge in [-0.3, -0.25) is 9.59 Å². The Kier molecular flexibility index (Phi) is 10.4. The molecule has 41 heavy (non-hydrogen) atoms. The predicted octanol–water partition coefficient (Wildman–Crippen LogP) is 2.74. The molecule has 3 aromatic carbocycles. The maximum Gasteiger partial charge on any atom is 0.244 e. The lowest BCUT2D eigenvalue weighted by atomic mass is 9.90. The zero-order valence-electron chi connectivity index (χ0n) is 23.6. The van der Waals surface area contributed by atoms with Gasteiger partial charge >= 0.3 is 0 Å². The van der Waals surface area contributed by atoms with E-state index in [-0.39, 0.29) is 24.0 Å². The van der Waals surface area contributed by atoms with E-state index in [9.17, 15) is 9.59 Å². The standard InChI is InChI=1S/C34H36N4O2.HI/c1-3-13-35-15-17-37(25-35)21-31-19-34(30-11-7-28(24-40)8-12-30)32(22-38-18-16-36(26-38)14-4-2)20-33(31)29-9-5-27(23-39)6-10-29;/h5-12,15-20,23-26H,3-4,13-14,21-22H2,1-2H3;1H/q+2;/p-1. The minimum Gasteiger partial charge on any atom is -1.00 e. The molecule has 0 aliphatic heterocycles. The van der Waals surface area contributed by atoms with Gasteiger partial charge in [-0.2, -0.15) is 0 Å².